The molecule has 19 heavy (non-hydrogen) atoms. The minimum Gasteiger partial charge on any atom is -0.445 e. The van der Waals surface area contributed by atoms with Gasteiger partial charge in [0.25, 0.3) is 0 Å². The monoisotopic (exact) mass is 274 g/mol. The molecule has 2 rings (SSSR count). The fourth-order valence-electron chi connectivity index (χ4n) is 1.77. The zero-order valence-electron chi connectivity index (χ0n) is 9.96. The van der Waals surface area contributed by atoms with Crippen LogP contribution in [0.2, 0.25) is 0 Å². The zero-order chi connectivity index (χ0) is 13.9. The second-order valence-corrected chi connectivity index (χ2v) is 4.22. The quantitative estimate of drug-likeness (QED) is 0.871. The van der Waals surface area contributed by atoms with E-state index >= 15 is 0 Å². The summed E-state index contributed by atoms with van der Waals surface area (Å²) in [5.41, 5.74) is -0.490. The summed E-state index contributed by atoms with van der Waals surface area (Å²) in [4.78, 5) is 11.5. The van der Waals surface area contributed by atoms with Crippen LogP contribution in [0.25, 0.3) is 0 Å². The summed E-state index contributed by atoms with van der Waals surface area (Å²) in [5, 5.41) is 5.43. The number of anilines is 1. The van der Waals surface area contributed by atoms with Gasteiger partial charge in [0.1, 0.15) is 6.10 Å². The molecule has 4 nitrogen and oxygen atoms in total. The van der Waals surface area contributed by atoms with Crippen molar-refractivity contribution in [1.82, 2.24) is 5.32 Å². The Morgan fingerprint density at radius 3 is 2.53 bits per heavy atom. The van der Waals surface area contributed by atoms with Crippen LogP contribution in [-0.2, 0) is 10.9 Å². The van der Waals surface area contributed by atoms with Crippen molar-refractivity contribution >= 4 is 11.8 Å². The maximum absolute atomic E-state index is 12.3. The Kier molecular flexibility index (Phi) is 3.94. The van der Waals surface area contributed by atoms with E-state index in [0.29, 0.717) is 6.54 Å². The van der Waals surface area contributed by atoms with Gasteiger partial charge < -0.3 is 10.1 Å². The van der Waals surface area contributed by atoms with Crippen molar-refractivity contribution in [2.75, 3.05) is 18.4 Å². The summed E-state index contributed by atoms with van der Waals surface area (Å²) in [7, 11) is 0. The van der Waals surface area contributed by atoms with Crippen LogP contribution in [0.5, 0.6) is 0 Å². The van der Waals surface area contributed by atoms with Crippen LogP contribution in [0.3, 0.4) is 0 Å². The summed E-state index contributed by atoms with van der Waals surface area (Å²) in [6, 6.07) is 4.20. The third kappa shape index (κ3) is 3.85. The molecule has 1 amide bonds. The highest BCUT2D eigenvalue weighted by Gasteiger charge is 2.30. The largest absolute Gasteiger partial charge is 0.445 e. The smallest absolute Gasteiger partial charge is 0.416 e. The maximum atomic E-state index is 12.3. The lowest BCUT2D eigenvalue weighted by molar-refractivity contribution is -0.137. The lowest BCUT2D eigenvalue weighted by Gasteiger charge is -2.12. The molecule has 1 heterocycles. The third-order valence-corrected chi connectivity index (χ3v) is 2.75. The average molecular weight is 274 g/mol. The first-order valence-electron chi connectivity index (χ1n) is 5.81. The molecule has 0 aromatic heterocycles. The van der Waals surface area contributed by atoms with E-state index in [1.165, 1.54) is 12.1 Å². The molecular weight excluding hydrogens is 261 g/mol. The highest BCUT2D eigenvalue weighted by molar-refractivity contribution is 5.84. The van der Waals surface area contributed by atoms with E-state index in [0.717, 1.165) is 25.1 Å². The predicted octanol–water partition coefficient (Wildman–Crippen LogP) is 2.62. The van der Waals surface area contributed by atoms with Gasteiger partial charge in [0.15, 0.2) is 0 Å². The number of halogens is 3. The van der Waals surface area contributed by atoms with Crippen LogP contribution in [0, 0.1) is 0 Å². The third-order valence-electron chi connectivity index (χ3n) is 2.75. The van der Waals surface area contributed by atoms with Crippen molar-refractivity contribution in [3.63, 3.8) is 0 Å². The number of ether oxygens (including phenoxy) is 1. The van der Waals surface area contributed by atoms with E-state index in [1.807, 2.05) is 0 Å². The normalized spacial score (nSPS) is 19.2. The summed E-state index contributed by atoms with van der Waals surface area (Å²) in [6.45, 7) is 1.39. The second kappa shape index (κ2) is 5.48. The minimum absolute atomic E-state index is 0.186. The molecule has 1 aliphatic rings. The summed E-state index contributed by atoms with van der Waals surface area (Å²) in [6.07, 6.45) is -4.49. The molecule has 1 aliphatic heterocycles. The van der Waals surface area contributed by atoms with Crippen LogP contribution in [0.1, 0.15) is 12.0 Å². The Morgan fingerprint density at radius 1 is 1.32 bits per heavy atom. The zero-order valence-corrected chi connectivity index (χ0v) is 9.96. The molecule has 104 valence electrons. The van der Waals surface area contributed by atoms with Gasteiger partial charge in [-0.1, -0.05) is 0 Å². The minimum atomic E-state index is -4.38. The van der Waals surface area contributed by atoms with Gasteiger partial charge in [-0.2, -0.15) is 13.2 Å². The number of hydrogen-bond donors (Lipinski definition) is 2. The standard InChI is InChI=1S/C12H13F3N2O2/c13-12(14,15)8-1-3-9(4-2-8)17-11(18)19-10-5-6-16-7-10/h1-4,10,16H,5-7H2,(H,17,18). The Balaban J connectivity index is 1.90. The van der Waals surface area contributed by atoms with Gasteiger partial charge >= 0.3 is 12.3 Å². The summed E-state index contributed by atoms with van der Waals surface area (Å²) >= 11 is 0. The van der Waals surface area contributed by atoms with Gasteiger partial charge in [-0.15, -0.1) is 0 Å². The molecule has 1 saturated heterocycles. The van der Waals surface area contributed by atoms with Gasteiger partial charge in [0.2, 0.25) is 0 Å². The Labute approximate surface area is 107 Å². The Morgan fingerprint density at radius 2 is 2.00 bits per heavy atom. The van der Waals surface area contributed by atoms with Gasteiger partial charge in [-0.05, 0) is 37.2 Å². The maximum Gasteiger partial charge on any atom is 0.416 e. The molecule has 7 heteroatoms. The SMILES string of the molecule is O=C(Nc1ccc(C(F)(F)F)cc1)OC1CCNC1. The van der Waals surface area contributed by atoms with Crippen molar-refractivity contribution in [1.29, 1.82) is 0 Å². The van der Waals surface area contributed by atoms with Crippen LogP contribution >= 0.6 is 0 Å². The number of hydrogen-bond acceptors (Lipinski definition) is 3. The molecule has 1 fully saturated rings. The van der Waals surface area contributed by atoms with Crippen LogP contribution in [0.15, 0.2) is 24.3 Å². The first-order chi connectivity index (χ1) is 8.95. The number of rotatable bonds is 2. The van der Waals surface area contributed by atoms with Gasteiger partial charge in [-0.3, -0.25) is 5.32 Å². The Bertz CT molecular complexity index is 439. The molecule has 1 aromatic carbocycles. The van der Waals surface area contributed by atoms with Gasteiger partial charge in [0, 0.05) is 12.2 Å². The number of carbonyl (C=O) groups excluding carboxylic acids is 1. The fourth-order valence-corrected chi connectivity index (χ4v) is 1.77. The topological polar surface area (TPSA) is 50.4 Å². The van der Waals surface area contributed by atoms with Crippen LogP contribution in [0.4, 0.5) is 23.7 Å². The highest BCUT2D eigenvalue weighted by atomic mass is 19.4. The first kappa shape index (κ1) is 13.7. The molecular formula is C12H13F3N2O2. The van der Waals surface area contributed by atoms with Gasteiger partial charge in [-0.25, -0.2) is 4.79 Å². The van der Waals surface area contributed by atoms with Gasteiger partial charge in [0.05, 0.1) is 5.56 Å². The molecule has 0 spiro atoms. The fraction of sp³-hybridized carbons (Fsp3) is 0.417. The second-order valence-electron chi connectivity index (χ2n) is 4.22. The lowest BCUT2D eigenvalue weighted by Crippen LogP contribution is -2.24. The number of benzene rings is 1. The van der Waals surface area contributed by atoms with Crippen molar-refractivity contribution in [3.05, 3.63) is 29.8 Å². The molecule has 0 bridgehead atoms. The Hall–Kier alpha value is -1.76. The number of amides is 1. The van der Waals surface area contributed by atoms with Crippen LogP contribution < -0.4 is 10.6 Å². The number of carbonyl (C=O) groups is 1. The van der Waals surface area contributed by atoms with Crippen molar-refractivity contribution < 1.29 is 22.7 Å². The molecule has 1 unspecified atom stereocenters. The van der Waals surface area contributed by atoms with E-state index < -0.39 is 17.8 Å². The molecule has 0 saturated carbocycles. The van der Waals surface area contributed by atoms with Crippen molar-refractivity contribution in [3.8, 4) is 0 Å². The molecule has 0 aliphatic carbocycles. The van der Waals surface area contributed by atoms with E-state index in [-0.39, 0.29) is 11.8 Å². The van der Waals surface area contributed by atoms with E-state index in [1.54, 1.807) is 0 Å². The highest BCUT2D eigenvalue weighted by Crippen LogP contribution is 2.29. The van der Waals surface area contributed by atoms with Crippen LogP contribution in [-0.4, -0.2) is 25.3 Å². The van der Waals surface area contributed by atoms with E-state index in [2.05, 4.69) is 10.6 Å². The molecule has 2 N–H and O–H groups in total. The van der Waals surface area contributed by atoms with E-state index in [9.17, 15) is 18.0 Å². The number of nitrogens with one attached hydrogen (secondary N) is 2. The van der Waals surface area contributed by atoms with E-state index in [4.69, 9.17) is 4.74 Å². The predicted molar refractivity (Wildman–Crippen MR) is 62.8 cm³/mol. The average Bonchev–Trinajstić information content (AvgIpc) is 2.81. The first-order valence-corrected chi connectivity index (χ1v) is 5.81. The molecule has 0 radical (unpaired) electrons. The number of alkyl halides is 3. The van der Waals surface area contributed by atoms with Crippen molar-refractivity contribution in [2.24, 2.45) is 0 Å². The molecule has 1 atom stereocenters. The molecule has 1 aromatic rings. The summed E-state index contributed by atoms with van der Waals surface area (Å²) in [5.74, 6) is 0. The van der Waals surface area contributed by atoms with Crippen molar-refractivity contribution in [2.45, 2.75) is 18.7 Å². The lowest BCUT2D eigenvalue weighted by atomic mass is 10.2. The summed E-state index contributed by atoms with van der Waals surface area (Å²) < 4.78 is 42.1.